The van der Waals surface area contributed by atoms with Crippen molar-refractivity contribution in [1.29, 1.82) is 0 Å². The lowest BCUT2D eigenvalue weighted by Gasteiger charge is -2.41. The van der Waals surface area contributed by atoms with Crippen molar-refractivity contribution >= 4 is 22.6 Å². The summed E-state index contributed by atoms with van der Waals surface area (Å²) in [5, 5.41) is 2.45. The number of hydrogen-bond acceptors (Lipinski definition) is 5. The standard InChI is InChI=1S/C27H33N5O/c1-27(9-16-32(17-10-27)26-29-11-3-12-30-26)25(33)31-14-2-4-21(8-15-31)18-22-5-6-23-7-13-28-20-24(23)19-22/h3,5-7,11-13,19-21H,2,4,8-10,14-18H2,1H3. The van der Waals surface area contributed by atoms with Crippen LogP contribution in [-0.2, 0) is 11.2 Å². The summed E-state index contributed by atoms with van der Waals surface area (Å²) >= 11 is 0. The minimum Gasteiger partial charge on any atom is -0.342 e. The van der Waals surface area contributed by atoms with E-state index in [2.05, 4.69) is 55.9 Å². The number of amides is 1. The second-order valence-corrected chi connectivity index (χ2v) is 9.95. The first-order valence-electron chi connectivity index (χ1n) is 12.2. The summed E-state index contributed by atoms with van der Waals surface area (Å²) in [6.07, 6.45) is 13.5. The van der Waals surface area contributed by atoms with Crippen molar-refractivity contribution in [1.82, 2.24) is 19.9 Å². The average Bonchev–Trinajstić information content (AvgIpc) is 3.10. The van der Waals surface area contributed by atoms with Gasteiger partial charge in [0.2, 0.25) is 11.9 Å². The summed E-state index contributed by atoms with van der Waals surface area (Å²) < 4.78 is 0. The van der Waals surface area contributed by atoms with E-state index < -0.39 is 0 Å². The Bertz CT molecular complexity index is 1090. The van der Waals surface area contributed by atoms with E-state index in [1.807, 2.05) is 18.5 Å². The van der Waals surface area contributed by atoms with Crippen LogP contribution >= 0.6 is 0 Å². The highest BCUT2D eigenvalue weighted by Gasteiger charge is 2.40. The van der Waals surface area contributed by atoms with E-state index >= 15 is 0 Å². The van der Waals surface area contributed by atoms with Crippen LogP contribution in [0.25, 0.3) is 10.8 Å². The van der Waals surface area contributed by atoms with Gasteiger partial charge in [-0.1, -0.05) is 19.1 Å². The fourth-order valence-electron chi connectivity index (χ4n) is 5.42. The van der Waals surface area contributed by atoms with E-state index in [0.717, 1.165) is 64.2 Å². The summed E-state index contributed by atoms with van der Waals surface area (Å²) in [6.45, 7) is 5.58. The quantitative estimate of drug-likeness (QED) is 0.594. The number of rotatable bonds is 4. The molecule has 0 saturated carbocycles. The maximum Gasteiger partial charge on any atom is 0.228 e. The second-order valence-electron chi connectivity index (χ2n) is 9.95. The zero-order valence-electron chi connectivity index (χ0n) is 19.5. The molecule has 2 aliphatic rings. The molecule has 2 saturated heterocycles. The number of aromatic nitrogens is 3. The Balaban J connectivity index is 1.17. The largest absolute Gasteiger partial charge is 0.342 e. The SMILES string of the molecule is CC1(C(=O)N2CCCC(Cc3ccc4ccncc4c3)CC2)CCN(c2ncccn2)CC1. The predicted octanol–water partition coefficient (Wildman–Crippen LogP) is 4.50. The van der Waals surface area contributed by atoms with Gasteiger partial charge in [0.25, 0.3) is 0 Å². The summed E-state index contributed by atoms with van der Waals surface area (Å²) in [4.78, 5) is 30.9. The van der Waals surface area contributed by atoms with Crippen LogP contribution in [0.3, 0.4) is 0 Å². The number of carbonyl (C=O) groups is 1. The van der Waals surface area contributed by atoms with Gasteiger partial charge in [0, 0.05) is 61.8 Å². The van der Waals surface area contributed by atoms with Crippen LogP contribution in [0.1, 0.15) is 44.6 Å². The van der Waals surface area contributed by atoms with Crippen molar-refractivity contribution in [2.75, 3.05) is 31.1 Å². The molecular weight excluding hydrogens is 410 g/mol. The Labute approximate surface area is 196 Å². The Morgan fingerprint density at radius 3 is 2.64 bits per heavy atom. The van der Waals surface area contributed by atoms with Gasteiger partial charge in [-0.15, -0.1) is 0 Å². The van der Waals surface area contributed by atoms with Gasteiger partial charge >= 0.3 is 0 Å². The lowest BCUT2D eigenvalue weighted by molar-refractivity contribution is -0.142. The highest BCUT2D eigenvalue weighted by molar-refractivity contribution is 5.83. The number of benzene rings is 1. The molecule has 5 rings (SSSR count). The molecule has 0 radical (unpaired) electrons. The van der Waals surface area contributed by atoms with Crippen molar-refractivity contribution in [3.8, 4) is 0 Å². The van der Waals surface area contributed by atoms with Gasteiger partial charge in [-0.25, -0.2) is 9.97 Å². The fourth-order valence-corrected chi connectivity index (χ4v) is 5.42. The van der Waals surface area contributed by atoms with E-state index in [1.165, 1.54) is 22.8 Å². The van der Waals surface area contributed by atoms with Gasteiger partial charge in [-0.05, 0) is 73.6 Å². The topological polar surface area (TPSA) is 62.2 Å². The average molecular weight is 444 g/mol. The lowest BCUT2D eigenvalue weighted by atomic mass is 9.79. The highest BCUT2D eigenvalue weighted by atomic mass is 16.2. The predicted molar refractivity (Wildman–Crippen MR) is 131 cm³/mol. The minimum atomic E-state index is -0.281. The molecule has 0 N–H and O–H groups in total. The maximum atomic E-state index is 13.6. The molecular formula is C27H33N5O. The number of fused-ring (bicyclic) bond motifs is 1. The van der Waals surface area contributed by atoms with Crippen molar-refractivity contribution in [3.05, 3.63) is 60.7 Å². The Hall–Kier alpha value is -3.02. The Morgan fingerprint density at radius 1 is 1.00 bits per heavy atom. The van der Waals surface area contributed by atoms with E-state index in [-0.39, 0.29) is 5.41 Å². The molecule has 3 aromatic rings. The van der Waals surface area contributed by atoms with Gasteiger partial charge in [-0.3, -0.25) is 9.78 Å². The molecule has 0 bridgehead atoms. The molecule has 2 fully saturated rings. The van der Waals surface area contributed by atoms with E-state index in [1.54, 1.807) is 12.4 Å². The molecule has 33 heavy (non-hydrogen) atoms. The van der Waals surface area contributed by atoms with Gasteiger partial charge in [0.1, 0.15) is 0 Å². The van der Waals surface area contributed by atoms with Crippen LogP contribution in [0.2, 0.25) is 0 Å². The molecule has 6 heteroatoms. The molecule has 6 nitrogen and oxygen atoms in total. The third-order valence-electron chi connectivity index (χ3n) is 7.58. The Kier molecular flexibility index (Phi) is 6.25. The third kappa shape index (κ3) is 4.85. The molecule has 1 amide bonds. The minimum absolute atomic E-state index is 0.281. The van der Waals surface area contributed by atoms with Crippen LogP contribution in [0.4, 0.5) is 5.95 Å². The maximum absolute atomic E-state index is 13.6. The lowest BCUT2D eigenvalue weighted by Crippen LogP contribution is -2.49. The number of anilines is 1. The first kappa shape index (κ1) is 21.8. The van der Waals surface area contributed by atoms with E-state index in [9.17, 15) is 4.79 Å². The molecule has 4 heterocycles. The van der Waals surface area contributed by atoms with Crippen LogP contribution < -0.4 is 4.90 Å². The first-order valence-corrected chi connectivity index (χ1v) is 12.2. The molecule has 172 valence electrons. The summed E-state index contributed by atoms with van der Waals surface area (Å²) in [6, 6.07) is 10.6. The van der Waals surface area contributed by atoms with Gasteiger partial charge < -0.3 is 9.80 Å². The highest BCUT2D eigenvalue weighted by Crippen LogP contribution is 2.35. The number of hydrogen-bond donors (Lipinski definition) is 0. The smallest absolute Gasteiger partial charge is 0.228 e. The van der Waals surface area contributed by atoms with Gasteiger partial charge in [0.05, 0.1) is 0 Å². The summed E-state index contributed by atoms with van der Waals surface area (Å²) in [5.41, 5.74) is 1.10. The van der Waals surface area contributed by atoms with Crippen molar-refractivity contribution in [3.63, 3.8) is 0 Å². The molecule has 0 aliphatic carbocycles. The van der Waals surface area contributed by atoms with Gasteiger partial charge in [0.15, 0.2) is 0 Å². The number of piperidine rings is 1. The first-order chi connectivity index (χ1) is 16.1. The molecule has 2 aliphatic heterocycles. The molecule has 0 spiro atoms. The number of likely N-dealkylation sites (tertiary alicyclic amines) is 1. The van der Waals surface area contributed by atoms with Crippen LogP contribution in [0, 0.1) is 11.3 Å². The van der Waals surface area contributed by atoms with Crippen molar-refractivity contribution < 1.29 is 4.79 Å². The van der Waals surface area contributed by atoms with Crippen molar-refractivity contribution in [2.24, 2.45) is 11.3 Å². The summed E-state index contributed by atoms with van der Waals surface area (Å²) in [7, 11) is 0. The molecule has 1 aromatic carbocycles. The zero-order valence-corrected chi connectivity index (χ0v) is 19.5. The molecule has 1 unspecified atom stereocenters. The van der Waals surface area contributed by atoms with Gasteiger partial charge in [-0.2, -0.15) is 0 Å². The zero-order chi connectivity index (χ0) is 22.7. The summed E-state index contributed by atoms with van der Waals surface area (Å²) in [5.74, 6) is 1.74. The third-order valence-corrected chi connectivity index (χ3v) is 7.58. The van der Waals surface area contributed by atoms with Crippen LogP contribution in [0.5, 0.6) is 0 Å². The number of carbonyl (C=O) groups excluding carboxylic acids is 1. The molecule has 1 atom stereocenters. The number of nitrogens with zero attached hydrogens (tertiary/aromatic N) is 5. The number of pyridine rings is 1. The fraction of sp³-hybridized carbons (Fsp3) is 0.481. The normalized spacial score (nSPS) is 21.1. The van der Waals surface area contributed by atoms with E-state index in [4.69, 9.17) is 0 Å². The molecule has 2 aromatic heterocycles. The second kappa shape index (κ2) is 9.46. The Morgan fingerprint density at radius 2 is 1.82 bits per heavy atom. The van der Waals surface area contributed by atoms with Crippen molar-refractivity contribution in [2.45, 2.75) is 45.4 Å². The van der Waals surface area contributed by atoms with E-state index in [0.29, 0.717) is 11.8 Å². The van der Waals surface area contributed by atoms with Crippen LogP contribution in [-0.4, -0.2) is 51.9 Å². The monoisotopic (exact) mass is 443 g/mol. The van der Waals surface area contributed by atoms with Crippen LogP contribution in [0.15, 0.2) is 55.1 Å².